The zero-order valence-corrected chi connectivity index (χ0v) is 19.9. The second-order valence-corrected chi connectivity index (χ2v) is 11.0. The lowest BCUT2D eigenvalue weighted by Crippen LogP contribution is -2.35. The first-order chi connectivity index (χ1) is 15.2. The zero-order valence-electron chi connectivity index (χ0n) is 17.5. The Labute approximate surface area is 196 Å². The van der Waals surface area contributed by atoms with Crippen LogP contribution in [0.2, 0.25) is 5.02 Å². The Kier molecular flexibility index (Phi) is 6.52. The molecule has 1 atom stereocenters. The minimum atomic E-state index is -3.59. The number of nitrogens with zero attached hydrogens (tertiary/aromatic N) is 2. The average Bonchev–Trinajstić information content (AvgIpc) is 3.15. The van der Waals surface area contributed by atoms with Gasteiger partial charge in [-0.2, -0.15) is 4.31 Å². The van der Waals surface area contributed by atoms with Crippen molar-refractivity contribution in [2.45, 2.75) is 37.8 Å². The Morgan fingerprint density at radius 2 is 2.00 bits per heavy atom. The van der Waals surface area contributed by atoms with Crippen LogP contribution in [-0.2, 0) is 27.8 Å². The number of amides is 1. The summed E-state index contributed by atoms with van der Waals surface area (Å²) in [4.78, 5) is 18.1. The Bertz CT molecular complexity index is 1240. The van der Waals surface area contributed by atoms with Crippen molar-refractivity contribution < 1.29 is 17.9 Å². The van der Waals surface area contributed by atoms with Crippen LogP contribution in [-0.4, -0.2) is 36.3 Å². The molecule has 0 unspecified atom stereocenters. The maximum absolute atomic E-state index is 13.0. The number of anilines is 1. The van der Waals surface area contributed by atoms with Gasteiger partial charge in [0.2, 0.25) is 10.0 Å². The molecule has 1 aliphatic rings. The summed E-state index contributed by atoms with van der Waals surface area (Å²) in [5, 5.41) is 3.72. The summed E-state index contributed by atoms with van der Waals surface area (Å²) in [5.41, 5.74) is 1.81. The monoisotopic (exact) mass is 491 g/mol. The molecule has 1 N–H and O–H groups in total. The van der Waals surface area contributed by atoms with Gasteiger partial charge in [-0.05, 0) is 44.2 Å². The summed E-state index contributed by atoms with van der Waals surface area (Å²) < 4.78 is 33.1. The summed E-state index contributed by atoms with van der Waals surface area (Å²) in [6, 6.07) is 13.6. The number of carbonyl (C=O) groups is 1. The first-order valence-electron chi connectivity index (χ1n) is 10.0. The van der Waals surface area contributed by atoms with Gasteiger partial charge in [-0.15, -0.1) is 11.3 Å². The maximum atomic E-state index is 13.0. The van der Waals surface area contributed by atoms with Gasteiger partial charge in [0.05, 0.1) is 17.1 Å². The van der Waals surface area contributed by atoms with Crippen molar-refractivity contribution in [2.75, 3.05) is 11.9 Å². The molecule has 10 heteroatoms. The zero-order chi connectivity index (χ0) is 22.9. The van der Waals surface area contributed by atoms with Crippen molar-refractivity contribution in [1.29, 1.82) is 0 Å². The highest BCUT2D eigenvalue weighted by Gasteiger charge is 2.30. The fraction of sp³-hybridized carbons (Fsp3) is 0.273. The molecule has 1 amide bonds. The molecule has 4 rings (SSSR count). The summed E-state index contributed by atoms with van der Waals surface area (Å²) in [6.07, 6.45) is -0.269. The lowest BCUT2D eigenvalue weighted by atomic mass is 10.2. The number of halogens is 1. The van der Waals surface area contributed by atoms with Gasteiger partial charge in [0.25, 0.3) is 5.91 Å². The molecule has 32 heavy (non-hydrogen) atoms. The van der Waals surface area contributed by atoms with Crippen LogP contribution in [0.3, 0.4) is 0 Å². The molecule has 0 spiro atoms. The van der Waals surface area contributed by atoms with E-state index in [0.717, 1.165) is 16.1 Å². The number of aryl methyl sites for hydroxylation is 1. The lowest BCUT2D eigenvalue weighted by molar-refractivity contribution is -0.122. The highest BCUT2D eigenvalue weighted by Crippen LogP contribution is 2.31. The number of thiazole rings is 1. The molecule has 7 nitrogen and oxygen atoms in total. The minimum Gasteiger partial charge on any atom is -0.481 e. The van der Waals surface area contributed by atoms with Crippen molar-refractivity contribution >= 4 is 44.0 Å². The average molecular weight is 492 g/mol. The smallest absolute Gasteiger partial charge is 0.266 e. The highest BCUT2D eigenvalue weighted by atomic mass is 35.5. The van der Waals surface area contributed by atoms with Crippen LogP contribution in [0.15, 0.2) is 53.4 Å². The normalized spacial score (nSPS) is 15.1. The van der Waals surface area contributed by atoms with E-state index in [-0.39, 0.29) is 17.3 Å². The number of hydrogen-bond acceptors (Lipinski definition) is 6. The Morgan fingerprint density at radius 1 is 1.25 bits per heavy atom. The van der Waals surface area contributed by atoms with Crippen molar-refractivity contribution in [1.82, 2.24) is 9.29 Å². The Morgan fingerprint density at radius 3 is 2.72 bits per heavy atom. The van der Waals surface area contributed by atoms with Crippen LogP contribution in [0.25, 0.3) is 0 Å². The van der Waals surface area contributed by atoms with Gasteiger partial charge in [-0.25, -0.2) is 13.4 Å². The van der Waals surface area contributed by atoms with E-state index in [1.807, 2.05) is 6.92 Å². The van der Waals surface area contributed by atoms with Gasteiger partial charge in [0, 0.05) is 22.9 Å². The third kappa shape index (κ3) is 4.96. The largest absolute Gasteiger partial charge is 0.481 e. The Balaban J connectivity index is 1.43. The van der Waals surface area contributed by atoms with Crippen LogP contribution >= 0.6 is 22.9 Å². The minimum absolute atomic E-state index is 0.230. The van der Waals surface area contributed by atoms with E-state index >= 15 is 0 Å². The molecule has 1 aliphatic heterocycles. The maximum Gasteiger partial charge on any atom is 0.266 e. The lowest BCUT2D eigenvalue weighted by Gasteiger charge is -2.25. The highest BCUT2D eigenvalue weighted by molar-refractivity contribution is 7.89. The molecule has 3 aromatic rings. The number of sulfonamides is 1. The van der Waals surface area contributed by atoms with Gasteiger partial charge in [-0.3, -0.25) is 10.1 Å². The Hall–Kier alpha value is -2.46. The number of hydrogen-bond donors (Lipinski definition) is 1. The molecule has 0 bridgehead atoms. The molecule has 168 valence electrons. The van der Waals surface area contributed by atoms with E-state index in [1.54, 1.807) is 55.5 Å². The molecule has 0 fully saturated rings. The summed E-state index contributed by atoms with van der Waals surface area (Å²) >= 11 is 7.23. The number of carbonyl (C=O) groups excluding carboxylic acids is 1. The van der Waals surface area contributed by atoms with E-state index in [2.05, 4.69) is 10.3 Å². The fourth-order valence-corrected chi connectivity index (χ4v) is 5.99. The summed E-state index contributed by atoms with van der Waals surface area (Å²) in [6.45, 7) is 4.12. The molecule has 0 aliphatic carbocycles. The first kappa shape index (κ1) is 22.7. The number of fused-ring (bicyclic) bond motifs is 1. The predicted octanol–water partition coefficient (Wildman–Crippen LogP) is 4.26. The number of ether oxygens (including phenoxy) is 1. The van der Waals surface area contributed by atoms with Crippen LogP contribution in [0, 0.1) is 6.92 Å². The first-order valence-corrected chi connectivity index (χ1v) is 12.6. The van der Waals surface area contributed by atoms with E-state index in [9.17, 15) is 13.2 Å². The second kappa shape index (κ2) is 9.19. The molecule has 0 radical (unpaired) electrons. The quantitative estimate of drug-likeness (QED) is 0.556. The summed E-state index contributed by atoms with van der Waals surface area (Å²) in [5.74, 6) is 0.149. The van der Waals surface area contributed by atoms with Gasteiger partial charge in [-0.1, -0.05) is 35.4 Å². The van der Waals surface area contributed by atoms with Crippen molar-refractivity contribution in [3.05, 3.63) is 69.7 Å². The summed E-state index contributed by atoms with van der Waals surface area (Å²) in [7, 11) is -3.59. The van der Waals surface area contributed by atoms with E-state index < -0.39 is 16.1 Å². The third-order valence-electron chi connectivity index (χ3n) is 5.06. The number of aromatic nitrogens is 1. The standard InChI is InChI=1S/C22H22ClN3O4S2/c1-14-6-8-18(9-7-14)32(28,29)26-11-10-19-20(13-26)31-22(24-19)25-21(27)15(2)30-17-5-3-4-16(23)12-17/h3-9,12,15H,10-11,13H2,1-2H3,(H,24,25,27)/t15-/m0/s1. The van der Waals surface area contributed by atoms with Crippen LogP contribution in [0.1, 0.15) is 23.1 Å². The van der Waals surface area contributed by atoms with Gasteiger partial charge >= 0.3 is 0 Å². The number of rotatable bonds is 6. The predicted molar refractivity (Wildman–Crippen MR) is 125 cm³/mol. The van der Waals surface area contributed by atoms with Gasteiger partial charge in [0.15, 0.2) is 11.2 Å². The molecular formula is C22H22ClN3O4S2. The van der Waals surface area contributed by atoms with Gasteiger partial charge in [0.1, 0.15) is 5.75 Å². The van der Waals surface area contributed by atoms with Crippen LogP contribution < -0.4 is 10.1 Å². The SMILES string of the molecule is Cc1ccc(S(=O)(=O)N2CCc3nc(NC(=O)[C@H](C)Oc4cccc(Cl)c4)sc3C2)cc1. The van der Waals surface area contributed by atoms with E-state index in [4.69, 9.17) is 16.3 Å². The number of nitrogens with one attached hydrogen (secondary N) is 1. The molecular weight excluding hydrogens is 470 g/mol. The van der Waals surface area contributed by atoms with Crippen molar-refractivity contribution in [2.24, 2.45) is 0 Å². The second-order valence-electron chi connectivity index (χ2n) is 7.50. The van der Waals surface area contributed by atoms with Crippen LogP contribution in [0.4, 0.5) is 5.13 Å². The molecule has 1 aromatic heterocycles. The molecule has 0 saturated heterocycles. The fourth-order valence-electron chi connectivity index (χ4n) is 3.29. The third-order valence-corrected chi connectivity index (χ3v) is 8.16. The number of benzene rings is 2. The molecule has 0 saturated carbocycles. The van der Waals surface area contributed by atoms with E-state index in [1.165, 1.54) is 15.6 Å². The van der Waals surface area contributed by atoms with Crippen LogP contribution in [0.5, 0.6) is 5.75 Å². The molecule has 2 aromatic carbocycles. The van der Waals surface area contributed by atoms with E-state index in [0.29, 0.717) is 28.9 Å². The van der Waals surface area contributed by atoms with Crippen molar-refractivity contribution in [3.8, 4) is 5.75 Å². The van der Waals surface area contributed by atoms with Gasteiger partial charge < -0.3 is 4.74 Å². The topological polar surface area (TPSA) is 88.6 Å². The molecule has 2 heterocycles. The van der Waals surface area contributed by atoms with Crippen molar-refractivity contribution in [3.63, 3.8) is 0 Å².